The van der Waals surface area contributed by atoms with Crippen LogP contribution in [-0.4, -0.2) is 60.7 Å². The Morgan fingerprint density at radius 3 is 2.45 bits per heavy atom. The molecule has 1 unspecified atom stereocenters. The zero-order chi connectivity index (χ0) is 24.4. The van der Waals surface area contributed by atoms with Gasteiger partial charge in [-0.3, -0.25) is 16.5 Å². The Labute approximate surface area is 190 Å². The maximum atomic E-state index is 11.8. The number of aliphatic hydroxyl groups excluding tert-OH is 2. The predicted octanol–water partition coefficient (Wildman–Crippen LogP) is 1.05. The van der Waals surface area contributed by atoms with Crippen molar-refractivity contribution >= 4 is 24.3 Å². The van der Waals surface area contributed by atoms with Crippen molar-refractivity contribution in [3.05, 3.63) is 34.3 Å². The second-order valence-electron chi connectivity index (χ2n) is 7.58. The van der Waals surface area contributed by atoms with Crippen molar-refractivity contribution in [3.63, 3.8) is 0 Å². The van der Waals surface area contributed by atoms with Crippen molar-refractivity contribution in [2.75, 3.05) is 26.7 Å². The molecule has 0 aliphatic carbocycles. The number of hydrogen-bond acceptors (Lipinski definition) is 7. The van der Waals surface area contributed by atoms with Crippen molar-refractivity contribution in [3.8, 4) is 12.3 Å². The highest BCUT2D eigenvalue weighted by molar-refractivity contribution is 6.31. The highest BCUT2D eigenvalue weighted by Crippen LogP contribution is 2.26. The summed E-state index contributed by atoms with van der Waals surface area (Å²) in [5.41, 5.74) is 1.73. The Balaban J connectivity index is 0. The van der Waals surface area contributed by atoms with Crippen LogP contribution in [0.15, 0.2) is 18.2 Å². The van der Waals surface area contributed by atoms with Gasteiger partial charge in [0.05, 0.1) is 6.10 Å². The summed E-state index contributed by atoms with van der Waals surface area (Å²) in [5.74, 6) is 10.6. The van der Waals surface area contributed by atoms with E-state index in [4.69, 9.17) is 27.9 Å². The number of nitrogens with zero attached hydrogens (tertiary/aromatic N) is 1. The van der Waals surface area contributed by atoms with Crippen LogP contribution < -0.4 is 17.0 Å². The number of rotatable bonds is 6. The molecule has 1 heterocycles. The van der Waals surface area contributed by atoms with E-state index in [-0.39, 0.29) is 24.0 Å². The number of halogens is 1. The van der Waals surface area contributed by atoms with E-state index in [0.29, 0.717) is 32.4 Å². The predicted molar refractivity (Wildman–Crippen MR) is 125 cm³/mol. The number of benzene rings is 1. The van der Waals surface area contributed by atoms with Gasteiger partial charge in [0.2, 0.25) is 5.91 Å². The molecule has 2 rings (SSSR count). The van der Waals surface area contributed by atoms with Gasteiger partial charge in [0.25, 0.3) is 0 Å². The molecular weight excluding hydrogens is 420 g/mol. The topological polar surface area (TPSA) is 142 Å². The number of hydrogen-bond donors (Lipinski definition) is 5. The van der Waals surface area contributed by atoms with E-state index in [9.17, 15) is 9.90 Å². The first-order chi connectivity index (χ1) is 14.7. The molecule has 1 aliphatic rings. The summed E-state index contributed by atoms with van der Waals surface area (Å²) in [6, 6.07) is 5.63. The molecule has 0 aromatic heterocycles. The lowest BCUT2D eigenvalue weighted by Gasteiger charge is -2.26. The summed E-state index contributed by atoms with van der Waals surface area (Å²) in [6.07, 6.45) is 6.63. The average molecular weight is 457 g/mol. The highest BCUT2D eigenvalue weighted by Gasteiger charge is 2.29. The van der Waals surface area contributed by atoms with Gasteiger partial charge in [0.15, 0.2) is 0 Å². The van der Waals surface area contributed by atoms with E-state index >= 15 is 0 Å². The zero-order valence-corrected chi connectivity index (χ0v) is 19.5. The number of likely N-dealkylation sites (tertiary alicyclic amines) is 1. The molecule has 8 nitrogen and oxygen atoms in total. The van der Waals surface area contributed by atoms with Crippen LogP contribution in [0.25, 0.3) is 0 Å². The van der Waals surface area contributed by atoms with E-state index in [2.05, 4.69) is 22.9 Å². The third-order valence-electron chi connectivity index (χ3n) is 4.52. The number of carbonyl (C=O) groups is 2. The molecule has 0 bridgehead atoms. The van der Waals surface area contributed by atoms with E-state index < -0.39 is 0 Å². The van der Waals surface area contributed by atoms with Crippen molar-refractivity contribution in [1.29, 1.82) is 0 Å². The minimum Gasteiger partial charge on any atom is -0.396 e. The van der Waals surface area contributed by atoms with Crippen LogP contribution in [0.5, 0.6) is 0 Å². The van der Waals surface area contributed by atoms with Gasteiger partial charge < -0.3 is 25.2 Å². The number of carbonyl (C=O) groups excluding carboxylic acids is 2. The Morgan fingerprint density at radius 2 is 2.03 bits per heavy atom. The van der Waals surface area contributed by atoms with Crippen LogP contribution in [0, 0.1) is 17.8 Å². The first-order valence-corrected chi connectivity index (χ1v) is 10.2. The van der Waals surface area contributed by atoms with Crippen molar-refractivity contribution < 1.29 is 19.8 Å². The van der Waals surface area contributed by atoms with Crippen LogP contribution in [-0.2, 0) is 16.1 Å². The van der Waals surface area contributed by atoms with Crippen molar-refractivity contribution in [2.24, 2.45) is 17.1 Å². The molecule has 1 fully saturated rings. The number of hydrazine groups is 1. The molecule has 0 saturated carbocycles. The number of terminal acetylenes is 1. The molecule has 7 N–H and O–H groups in total. The Bertz CT molecular complexity index is 680. The van der Waals surface area contributed by atoms with Crippen molar-refractivity contribution in [2.45, 2.75) is 45.8 Å². The third kappa shape index (κ3) is 13.1. The molecule has 31 heavy (non-hydrogen) atoms. The van der Waals surface area contributed by atoms with Crippen LogP contribution in [0.2, 0.25) is 5.02 Å². The monoisotopic (exact) mass is 456 g/mol. The van der Waals surface area contributed by atoms with Crippen LogP contribution in [0.4, 0.5) is 0 Å². The molecule has 0 radical (unpaired) electrons. The molecule has 0 spiro atoms. The summed E-state index contributed by atoms with van der Waals surface area (Å²) < 4.78 is 0. The number of amides is 1. The summed E-state index contributed by atoms with van der Waals surface area (Å²) in [4.78, 5) is 21.5. The molecule has 1 amide bonds. The Hall–Kier alpha value is -1.99. The smallest absolute Gasteiger partial charge is 0.223 e. The minimum absolute atomic E-state index is 0.0880. The number of nitrogens with one attached hydrogen (secondary N) is 1. The first kappa shape index (κ1) is 31.2. The summed E-state index contributed by atoms with van der Waals surface area (Å²) in [5, 5.41) is 21.9. The van der Waals surface area contributed by atoms with E-state index in [1.807, 2.05) is 39.8 Å². The third-order valence-corrected chi connectivity index (χ3v) is 4.87. The van der Waals surface area contributed by atoms with Gasteiger partial charge >= 0.3 is 0 Å². The van der Waals surface area contributed by atoms with Gasteiger partial charge in [-0.05, 0) is 43.0 Å². The molecule has 1 aromatic rings. The van der Waals surface area contributed by atoms with E-state index in [1.54, 1.807) is 11.0 Å². The zero-order valence-electron chi connectivity index (χ0n) is 18.7. The van der Waals surface area contributed by atoms with Gasteiger partial charge in [-0.2, -0.15) is 0 Å². The lowest BCUT2D eigenvalue weighted by molar-refractivity contribution is -0.132. The second kappa shape index (κ2) is 17.7. The maximum Gasteiger partial charge on any atom is 0.223 e. The molecule has 9 heteroatoms. The summed E-state index contributed by atoms with van der Waals surface area (Å²) >= 11 is 5.95. The summed E-state index contributed by atoms with van der Waals surface area (Å²) in [7, 11) is 1.88. The lowest BCUT2D eigenvalue weighted by atomic mass is 9.85. The van der Waals surface area contributed by atoms with Crippen molar-refractivity contribution in [1.82, 2.24) is 10.2 Å². The van der Waals surface area contributed by atoms with Gasteiger partial charge in [-0.25, -0.2) is 0 Å². The Kier molecular flexibility index (Phi) is 17.8. The minimum atomic E-state index is -0.352. The average Bonchev–Trinajstić information content (AvgIpc) is 3.19. The molecule has 1 aromatic carbocycles. The number of β-amino-alcohol motifs (C(OH)–C–C–N with tert-alkyl or cyclic N) is 1. The Morgan fingerprint density at radius 1 is 1.42 bits per heavy atom. The normalized spacial score (nSPS) is 14.7. The SMILES string of the molecule is C#Cc1ccc(CNC)c(Cl)c1.C=O.CC(C)(CCO)CC(=O)N1CCC(O)C1.NN. The maximum absolute atomic E-state index is 11.8. The van der Waals surface area contributed by atoms with Gasteiger partial charge in [-0.15, -0.1) is 6.42 Å². The van der Waals surface area contributed by atoms with E-state index in [0.717, 1.165) is 22.7 Å². The molecular formula is C22H37ClN4O4. The van der Waals surface area contributed by atoms with E-state index in [1.165, 1.54) is 0 Å². The van der Waals surface area contributed by atoms with Crippen LogP contribution in [0.3, 0.4) is 0 Å². The fourth-order valence-electron chi connectivity index (χ4n) is 2.85. The van der Waals surface area contributed by atoms with Gasteiger partial charge in [-0.1, -0.05) is 37.4 Å². The quantitative estimate of drug-likeness (QED) is 0.244. The highest BCUT2D eigenvalue weighted by atomic mass is 35.5. The second-order valence-corrected chi connectivity index (χ2v) is 7.98. The largest absolute Gasteiger partial charge is 0.396 e. The fraction of sp³-hybridized carbons (Fsp3) is 0.545. The number of nitrogens with two attached hydrogens (primary N) is 2. The molecule has 1 saturated heterocycles. The molecule has 176 valence electrons. The van der Waals surface area contributed by atoms with Crippen LogP contribution in [0.1, 0.15) is 44.2 Å². The first-order valence-electron chi connectivity index (χ1n) is 9.81. The van der Waals surface area contributed by atoms with Crippen LogP contribution >= 0.6 is 11.6 Å². The summed E-state index contributed by atoms with van der Waals surface area (Å²) in [6.45, 7) is 7.97. The van der Waals surface area contributed by atoms with Gasteiger partial charge in [0.1, 0.15) is 6.79 Å². The lowest BCUT2D eigenvalue weighted by Crippen LogP contribution is -2.33. The number of aliphatic hydroxyl groups is 2. The van der Waals surface area contributed by atoms with Gasteiger partial charge in [0, 0.05) is 43.2 Å². The molecule has 1 atom stereocenters. The molecule has 1 aliphatic heterocycles. The standard InChI is InChI=1S/C11H21NO3.C10H10ClN.CH2O.H4N2/c1-11(2,4-6-13)7-10(15)12-5-3-9(14)8-12;1-3-8-4-5-9(7-12-2)10(11)6-8;2*1-2/h9,13-14H,3-8H2,1-2H3;1,4-6,12H,7H2,2H3;1H2;1-2H2. The fourth-order valence-corrected chi connectivity index (χ4v) is 3.10.